The Hall–Kier alpha value is -2.34. The van der Waals surface area contributed by atoms with Crippen LogP contribution in [0.2, 0.25) is 5.02 Å². The summed E-state index contributed by atoms with van der Waals surface area (Å²) >= 11 is 7.72. The third kappa shape index (κ3) is 4.04. The SMILES string of the molecule is COC(=O)C1=C(C2CN(S(=O)(=O)C3CCC3)C2)NC(c2nccs2)=NC1c1ccc(F)cc1Cl. The van der Waals surface area contributed by atoms with Gasteiger partial charge >= 0.3 is 5.97 Å². The van der Waals surface area contributed by atoms with E-state index < -0.39 is 27.9 Å². The van der Waals surface area contributed by atoms with Gasteiger partial charge in [-0.05, 0) is 25.0 Å². The molecule has 1 aromatic carbocycles. The van der Waals surface area contributed by atoms with Crippen molar-refractivity contribution in [3.63, 3.8) is 0 Å². The van der Waals surface area contributed by atoms with Gasteiger partial charge in [-0.25, -0.2) is 26.9 Å². The molecule has 3 heterocycles. The number of methoxy groups -OCH3 is 1. The maximum Gasteiger partial charge on any atom is 0.338 e. The highest BCUT2D eigenvalue weighted by molar-refractivity contribution is 7.89. The van der Waals surface area contributed by atoms with E-state index in [4.69, 9.17) is 21.3 Å². The number of nitrogens with one attached hydrogen (secondary N) is 1. The van der Waals surface area contributed by atoms with Crippen molar-refractivity contribution < 1.29 is 22.3 Å². The summed E-state index contributed by atoms with van der Waals surface area (Å²) in [6, 6.07) is 3.05. The molecule has 1 aliphatic carbocycles. The summed E-state index contributed by atoms with van der Waals surface area (Å²) in [7, 11) is -2.08. The number of hydrogen-bond donors (Lipinski definition) is 1. The molecule has 0 spiro atoms. The van der Waals surface area contributed by atoms with E-state index >= 15 is 0 Å². The number of sulfonamides is 1. The number of carbonyl (C=O) groups is 1. The smallest absolute Gasteiger partial charge is 0.338 e. The molecule has 1 unspecified atom stereocenters. The Bertz CT molecular complexity index is 1290. The second-order valence-corrected chi connectivity index (χ2v) is 12.0. The summed E-state index contributed by atoms with van der Waals surface area (Å²) < 4.78 is 45.9. The number of aliphatic imine (C=N–C) groups is 1. The van der Waals surface area contributed by atoms with Crippen molar-refractivity contribution >= 4 is 44.8 Å². The van der Waals surface area contributed by atoms with Gasteiger partial charge in [-0.3, -0.25) is 4.99 Å². The lowest BCUT2D eigenvalue weighted by Crippen LogP contribution is -2.57. The van der Waals surface area contributed by atoms with E-state index in [1.807, 2.05) is 0 Å². The van der Waals surface area contributed by atoms with Gasteiger partial charge in [0.1, 0.15) is 11.9 Å². The van der Waals surface area contributed by atoms with Crippen LogP contribution in [-0.2, 0) is 19.6 Å². The summed E-state index contributed by atoms with van der Waals surface area (Å²) in [5.74, 6) is -0.957. The summed E-state index contributed by atoms with van der Waals surface area (Å²) in [6.07, 6.45) is 3.93. The molecule has 0 amide bonds. The molecule has 2 aliphatic heterocycles. The summed E-state index contributed by atoms with van der Waals surface area (Å²) in [5.41, 5.74) is 1.19. The quantitative estimate of drug-likeness (QED) is 0.582. The van der Waals surface area contributed by atoms with Crippen molar-refractivity contribution in [2.75, 3.05) is 20.2 Å². The van der Waals surface area contributed by atoms with E-state index in [-0.39, 0.29) is 34.9 Å². The third-order valence-electron chi connectivity index (χ3n) is 6.46. The molecule has 1 N–H and O–H groups in total. The highest BCUT2D eigenvalue weighted by atomic mass is 35.5. The topological polar surface area (TPSA) is 101 Å². The second kappa shape index (κ2) is 9.03. The van der Waals surface area contributed by atoms with Crippen molar-refractivity contribution in [1.82, 2.24) is 14.6 Å². The maximum atomic E-state index is 13.8. The van der Waals surface area contributed by atoms with Gasteiger partial charge < -0.3 is 10.1 Å². The predicted molar refractivity (Wildman–Crippen MR) is 127 cm³/mol. The monoisotopic (exact) mass is 524 g/mol. The molecule has 1 atom stereocenters. The Morgan fingerprint density at radius 1 is 1.32 bits per heavy atom. The molecule has 12 heteroatoms. The minimum atomic E-state index is -3.35. The van der Waals surface area contributed by atoms with Crippen LogP contribution in [0, 0.1) is 11.7 Å². The van der Waals surface area contributed by atoms with Crippen LogP contribution in [0.5, 0.6) is 0 Å². The van der Waals surface area contributed by atoms with Gasteiger partial charge in [0.25, 0.3) is 0 Å². The molecule has 1 saturated carbocycles. The zero-order chi connectivity index (χ0) is 24.0. The van der Waals surface area contributed by atoms with Crippen molar-refractivity contribution in [2.24, 2.45) is 10.9 Å². The van der Waals surface area contributed by atoms with Crippen LogP contribution >= 0.6 is 22.9 Å². The van der Waals surface area contributed by atoms with Gasteiger partial charge in [-0.1, -0.05) is 24.1 Å². The number of carbonyl (C=O) groups excluding carboxylic acids is 1. The summed E-state index contributed by atoms with van der Waals surface area (Å²) in [6.45, 7) is 0.493. The number of benzene rings is 1. The Morgan fingerprint density at radius 3 is 2.68 bits per heavy atom. The molecule has 0 radical (unpaired) electrons. The van der Waals surface area contributed by atoms with Gasteiger partial charge in [-0.15, -0.1) is 11.3 Å². The number of nitrogens with zero attached hydrogens (tertiary/aromatic N) is 3. The van der Waals surface area contributed by atoms with Gasteiger partial charge in [0.2, 0.25) is 10.0 Å². The van der Waals surface area contributed by atoms with Crippen LogP contribution in [-0.4, -0.2) is 55.0 Å². The van der Waals surface area contributed by atoms with E-state index in [1.165, 1.54) is 41.0 Å². The van der Waals surface area contributed by atoms with Crippen molar-refractivity contribution in [2.45, 2.75) is 30.6 Å². The van der Waals surface area contributed by atoms with Crippen molar-refractivity contribution in [3.05, 3.63) is 62.5 Å². The molecule has 1 saturated heterocycles. The molecule has 2 aromatic rings. The number of ether oxygens (including phenoxy) is 1. The van der Waals surface area contributed by atoms with Crippen molar-refractivity contribution in [3.8, 4) is 0 Å². The third-order valence-corrected chi connectivity index (χ3v) is 9.90. The summed E-state index contributed by atoms with van der Waals surface area (Å²) in [5, 5.41) is 5.42. The molecule has 5 rings (SSSR count). The lowest BCUT2D eigenvalue weighted by molar-refractivity contribution is -0.136. The number of esters is 1. The highest BCUT2D eigenvalue weighted by Crippen LogP contribution is 2.41. The van der Waals surface area contributed by atoms with E-state index in [1.54, 1.807) is 11.6 Å². The summed E-state index contributed by atoms with van der Waals surface area (Å²) in [4.78, 5) is 22.0. The molecule has 34 heavy (non-hydrogen) atoms. The molecule has 1 aromatic heterocycles. The lowest BCUT2D eigenvalue weighted by Gasteiger charge is -2.44. The number of thiazole rings is 1. The first-order valence-electron chi connectivity index (χ1n) is 10.8. The number of aromatic nitrogens is 1. The maximum absolute atomic E-state index is 13.8. The zero-order valence-electron chi connectivity index (χ0n) is 18.2. The average Bonchev–Trinajstić information content (AvgIpc) is 3.24. The van der Waals surface area contributed by atoms with Crippen LogP contribution in [0.1, 0.15) is 35.9 Å². The molecular formula is C22H22ClFN4O4S2. The first kappa shape index (κ1) is 23.4. The van der Waals surface area contributed by atoms with E-state index in [9.17, 15) is 17.6 Å². The Labute approximate surface area is 205 Å². The van der Waals surface area contributed by atoms with Gasteiger partial charge in [0.05, 0.1) is 17.9 Å². The minimum absolute atomic E-state index is 0.123. The van der Waals surface area contributed by atoms with Gasteiger partial charge in [0, 0.05) is 46.9 Å². The first-order chi connectivity index (χ1) is 16.3. The molecule has 180 valence electrons. The Balaban J connectivity index is 1.55. The number of hydrogen-bond acceptors (Lipinski definition) is 8. The van der Waals surface area contributed by atoms with Crippen LogP contribution in [0.4, 0.5) is 4.39 Å². The number of rotatable bonds is 6. The normalized spacial score (nSPS) is 22.0. The van der Waals surface area contributed by atoms with E-state index in [0.717, 1.165) is 6.42 Å². The first-order valence-corrected chi connectivity index (χ1v) is 13.6. The largest absolute Gasteiger partial charge is 0.466 e. The van der Waals surface area contributed by atoms with Crippen LogP contribution in [0.25, 0.3) is 0 Å². The standard InChI is InChI=1S/C22H22ClFN4O4S2/c1-32-22(29)17-18(12-10-28(11-12)34(30,31)14-3-2-4-14)26-20(21-25-7-8-33-21)27-19(17)15-6-5-13(24)9-16(15)23/h5-9,12,14,19H,2-4,10-11H2,1H3,(H,26,27). The minimum Gasteiger partial charge on any atom is -0.466 e. The van der Waals surface area contributed by atoms with Crippen LogP contribution < -0.4 is 5.32 Å². The molecule has 0 bridgehead atoms. The fourth-order valence-electron chi connectivity index (χ4n) is 4.33. The highest BCUT2D eigenvalue weighted by Gasteiger charge is 2.46. The fourth-order valence-corrected chi connectivity index (χ4v) is 7.31. The van der Waals surface area contributed by atoms with Crippen LogP contribution in [0.15, 0.2) is 46.0 Å². The van der Waals surface area contributed by atoms with Gasteiger partial charge in [0.15, 0.2) is 10.8 Å². The molecular weight excluding hydrogens is 503 g/mol. The predicted octanol–water partition coefficient (Wildman–Crippen LogP) is 3.27. The number of amidine groups is 1. The van der Waals surface area contributed by atoms with Gasteiger partial charge in [-0.2, -0.15) is 0 Å². The Morgan fingerprint density at radius 2 is 2.09 bits per heavy atom. The Kier molecular flexibility index (Phi) is 6.21. The average molecular weight is 525 g/mol. The van der Waals surface area contributed by atoms with Crippen LogP contribution in [0.3, 0.4) is 0 Å². The zero-order valence-corrected chi connectivity index (χ0v) is 20.6. The molecule has 2 fully saturated rings. The van der Waals surface area contributed by atoms with E-state index in [0.29, 0.717) is 34.9 Å². The molecule has 3 aliphatic rings. The second-order valence-electron chi connectivity index (χ2n) is 8.44. The lowest BCUT2D eigenvalue weighted by atomic mass is 9.88. The van der Waals surface area contributed by atoms with Crippen molar-refractivity contribution in [1.29, 1.82) is 0 Å². The van der Waals surface area contributed by atoms with E-state index in [2.05, 4.69) is 10.3 Å². The molecule has 8 nitrogen and oxygen atoms in total. The number of halogens is 2. The fraction of sp³-hybridized carbons (Fsp3) is 0.409.